The van der Waals surface area contributed by atoms with Crippen molar-refractivity contribution in [1.82, 2.24) is 4.98 Å². The Bertz CT molecular complexity index is 377. The zero-order valence-electron chi connectivity index (χ0n) is 8.53. The molecular weight excluding hydrogens is 256 g/mol. The van der Waals surface area contributed by atoms with Gasteiger partial charge in [0.15, 0.2) is 0 Å². The molecule has 80 valence electrons. The number of aromatic nitrogens is 1. The van der Waals surface area contributed by atoms with Gasteiger partial charge < -0.3 is 5.32 Å². The van der Waals surface area contributed by atoms with E-state index in [1.54, 1.807) is 18.3 Å². The van der Waals surface area contributed by atoms with E-state index in [1.165, 1.54) is 12.8 Å². The Morgan fingerprint density at radius 3 is 3.00 bits per heavy atom. The summed E-state index contributed by atoms with van der Waals surface area (Å²) in [5.41, 5.74) is 0.800. The lowest BCUT2D eigenvalue weighted by Crippen LogP contribution is -2.21. The fourth-order valence-electron chi connectivity index (χ4n) is 1.55. The van der Waals surface area contributed by atoms with Crippen molar-refractivity contribution in [3.8, 4) is 0 Å². The quantitative estimate of drug-likeness (QED) is 0.857. The van der Waals surface area contributed by atoms with Gasteiger partial charge in [-0.25, -0.2) is 4.98 Å². The van der Waals surface area contributed by atoms with Gasteiger partial charge >= 0.3 is 0 Å². The highest BCUT2D eigenvalue weighted by Gasteiger charge is 2.32. The summed E-state index contributed by atoms with van der Waals surface area (Å²) in [5.74, 6) is 0.822. The van der Waals surface area contributed by atoms with Gasteiger partial charge in [-0.2, -0.15) is 0 Å². The second-order valence-electron chi connectivity index (χ2n) is 3.98. The molecule has 1 aromatic heterocycles. The minimum atomic E-state index is 0.107. The molecular formula is C11H13BrN2O. The second kappa shape index (κ2) is 4.31. The number of carbonyl (C=O) groups is 1. The normalized spacial score (nSPS) is 17.2. The lowest BCUT2D eigenvalue weighted by Gasteiger charge is -2.10. The lowest BCUT2D eigenvalue weighted by molar-refractivity contribution is -0.119. The zero-order valence-corrected chi connectivity index (χ0v) is 10.1. The average molecular weight is 269 g/mol. The molecule has 3 nitrogen and oxygen atoms in total. The first-order chi connectivity index (χ1) is 7.16. The maximum atomic E-state index is 11.8. The number of nitrogens with one attached hydrogen (secondary N) is 1. The van der Waals surface area contributed by atoms with Gasteiger partial charge in [0.05, 0.1) is 0 Å². The molecule has 0 aliphatic heterocycles. The first-order valence-corrected chi connectivity index (χ1v) is 5.88. The second-order valence-corrected chi connectivity index (χ2v) is 4.80. The highest BCUT2D eigenvalue weighted by atomic mass is 79.9. The Morgan fingerprint density at radius 2 is 2.40 bits per heavy atom. The number of amides is 1. The maximum Gasteiger partial charge on any atom is 0.227 e. The fourth-order valence-corrected chi connectivity index (χ4v) is 1.91. The third kappa shape index (κ3) is 2.78. The summed E-state index contributed by atoms with van der Waals surface area (Å²) in [6, 6.07) is 3.60. The van der Waals surface area contributed by atoms with Crippen LogP contribution < -0.4 is 5.32 Å². The van der Waals surface area contributed by atoms with Crippen molar-refractivity contribution < 1.29 is 4.79 Å². The molecule has 4 heteroatoms. The molecule has 1 aromatic rings. The molecule has 1 heterocycles. The van der Waals surface area contributed by atoms with Crippen molar-refractivity contribution in [2.24, 2.45) is 11.8 Å². The number of nitrogens with zero attached hydrogens (tertiary/aromatic N) is 1. The number of rotatable bonds is 3. The molecule has 1 saturated carbocycles. The number of anilines is 1. The first-order valence-electron chi connectivity index (χ1n) is 5.09. The Balaban J connectivity index is 1.98. The van der Waals surface area contributed by atoms with Gasteiger partial charge in [-0.3, -0.25) is 4.79 Å². The Hall–Kier alpha value is -0.900. The Kier molecular flexibility index (Phi) is 3.05. The third-order valence-electron chi connectivity index (χ3n) is 2.74. The summed E-state index contributed by atoms with van der Waals surface area (Å²) in [6.45, 7) is 1.99. The smallest absolute Gasteiger partial charge is 0.227 e. The number of hydrogen-bond acceptors (Lipinski definition) is 2. The SMILES string of the molecule is CC(C(=O)Nc1ccnc(Br)c1)C1CC1. The highest BCUT2D eigenvalue weighted by molar-refractivity contribution is 9.10. The van der Waals surface area contributed by atoms with Crippen molar-refractivity contribution >= 4 is 27.5 Å². The summed E-state index contributed by atoms with van der Waals surface area (Å²) >= 11 is 3.27. The highest BCUT2D eigenvalue weighted by Crippen LogP contribution is 2.37. The van der Waals surface area contributed by atoms with E-state index in [9.17, 15) is 4.79 Å². The minimum Gasteiger partial charge on any atom is -0.326 e. The standard InChI is InChI=1S/C11H13BrN2O/c1-7(8-2-3-8)11(15)14-9-4-5-13-10(12)6-9/h4-8H,2-3H2,1H3,(H,13,14,15). The van der Waals surface area contributed by atoms with Crippen LogP contribution in [0.15, 0.2) is 22.9 Å². The molecule has 15 heavy (non-hydrogen) atoms. The predicted molar refractivity (Wildman–Crippen MR) is 62.5 cm³/mol. The van der Waals surface area contributed by atoms with Gasteiger partial charge in [-0.05, 0) is 46.8 Å². The molecule has 1 aliphatic carbocycles. The number of halogens is 1. The van der Waals surface area contributed by atoms with Gasteiger partial charge in [-0.1, -0.05) is 6.92 Å². The summed E-state index contributed by atoms with van der Waals surface area (Å²) in [7, 11) is 0. The molecule has 0 spiro atoms. The van der Waals surface area contributed by atoms with Gasteiger partial charge in [0, 0.05) is 17.8 Å². The maximum absolute atomic E-state index is 11.8. The van der Waals surface area contributed by atoms with Crippen molar-refractivity contribution in [2.45, 2.75) is 19.8 Å². The van der Waals surface area contributed by atoms with Crippen LogP contribution in [0.5, 0.6) is 0 Å². The lowest BCUT2D eigenvalue weighted by atomic mass is 10.1. The average Bonchev–Trinajstić information content (AvgIpc) is 2.99. The van der Waals surface area contributed by atoms with Crippen molar-refractivity contribution in [3.63, 3.8) is 0 Å². The van der Waals surface area contributed by atoms with E-state index in [-0.39, 0.29) is 11.8 Å². The summed E-state index contributed by atoms with van der Waals surface area (Å²) in [6.07, 6.45) is 4.05. The van der Waals surface area contributed by atoms with Crippen LogP contribution in [0.25, 0.3) is 0 Å². The summed E-state index contributed by atoms with van der Waals surface area (Å²) in [4.78, 5) is 15.8. The molecule has 1 unspecified atom stereocenters. The number of pyridine rings is 1. The van der Waals surface area contributed by atoms with E-state index in [0.717, 1.165) is 10.3 Å². The van der Waals surface area contributed by atoms with Crippen LogP contribution in [-0.2, 0) is 4.79 Å². The molecule has 0 saturated heterocycles. The molecule has 1 amide bonds. The van der Waals surface area contributed by atoms with E-state index in [1.807, 2.05) is 6.92 Å². The van der Waals surface area contributed by atoms with Crippen molar-refractivity contribution in [1.29, 1.82) is 0 Å². The van der Waals surface area contributed by atoms with Crippen LogP contribution in [0.4, 0.5) is 5.69 Å². The van der Waals surface area contributed by atoms with Crippen LogP contribution in [-0.4, -0.2) is 10.9 Å². The zero-order chi connectivity index (χ0) is 10.8. The summed E-state index contributed by atoms with van der Waals surface area (Å²) in [5, 5.41) is 2.89. The van der Waals surface area contributed by atoms with Gasteiger partial charge in [-0.15, -0.1) is 0 Å². The molecule has 0 aromatic carbocycles. The largest absolute Gasteiger partial charge is 0.326 e. The van der Waals surface area contributed by atoms with Crippen LogP contribution in [0, 0.1) is 11.8 Å². The monoisotopic (exact) mass is 268 g/mol. The third-order valence-corrected chi connectivity index (χ3v) is 3.17. The number of carbonyl (C=O) groups excluding carboxylic acids is 1. The summed E-state index contributed by atoms with van der Waals surface area (Å²) < 4.78 is 0.736. The molecule has 2 rings (SSSR count). The molecule has 1 atom stereocenters. The minimum absolute atomic E-state index is 0.107. The van der Waals surface area contributed by atoms with Crippen LogP contribution in [0.2, 0.25) is 0 Å². The molecule has 1 aliphatic rings. The molecule has 0 bridgehead atoms. The molecule has 1 N–H and O–H groups in total. The van der Waals surface area contributed by atoms with E-state index in [0.29, 0.717) is 5.92 Å². The van der Waals surface area contributed by atoms with Gasteiger partial charge in [0.25, 0.3) is 0 Å². The fraction of sp³-hybridized carbons (Fsp3) is 0.455. The van der Waals surface area contributed by atoms with Crippen molar-refractivity contribution in [3.05, 3.63) is 22.9 Å². The number of hydrogen-bond donors (Lipinski definition) is 1. The van der Waals surface area contributed by atoms with Crippen LogP contribution in [0.3, 0.4) is 0 Å². The Labute approximate surface area is 97.4 Å². The predicted octanol–water partition coefficient (Wildman–Crippen LogP) is 2.83. The van der Waals surface area contributed by atoms with Crippen molar-refractivity contribution in [2.75, 3.05) is 5.32 Å². The first kappa shape index (κ1) is 10.6. The Morgan fingerprint density at radius 1 is 1.67 bits per heavy atom. The molecule has 1 fully saturated rings. The van der Waals surface area contributed by atoms with Gasteiger partial charge in [0.2, 0.25) is 5.91 Å². The molecule has 0 radical (unpaired) electrons. The van der Waals surface area contributed by atoms with E-state index in [4.69, 9.17) is 0 Å². The van der Waals surface area contributed by atoms with E-state index < -0.39 is 0 Å². The van der Waals surface area contributed by atoms with E-state index >= 15 is 0 Å². The topological polar surface area (TPSA) is 42.0 Å². The van der Waals surface area contributed by atoms with Crippen LogP contribution in [0.1, 0.15) is 19.8 Å². The van der Waals surface area contributed by atoms with Crippen LogP contribution >= 0.6 is 15.9 Å². The van der Waals surface area contributed by atoms with Gasteiger partial charge in [0.1, 0.15) is 4.60 Å². The van der Waals surface area contributed by atoms with E-state index in [2.05, 4.69) is 26.2 Å².